The van der Waals surface area contributed by atoms with Gasteiger partial charge in [0.25, 0.3) is 5.91 Å². The molecule has 0 aliphatic carbocycles. The second-order valence-electron chi connectivity index (χ2n) is 4.87. The lowest BCUT2D eigenvalue weighted by Gasteiger charge is -2.10. The van der Waals surface area contributed by atoms with Crippen LogP contribution in [0.1, 0.15) is 42.1 Å². The molecule has 21 heavy (non-hydrogen) atoms. The van der Waals surface area contributed by atoms with E-state index in [1.807, 2.05) is 18.7 Å². The summed E-state index contributed by atoms with van der Waals surface area (Å²) >= 11 is 1.82. The van der Waals surface area contributed by atoms with Crippen LogP contribution in [0.25, 0.3) is 0 Å². The minimum atomic E-state index is -0.122. The van der Waals surface area contributed by atoms with Crippen molar-refractivity contribution in [3.63, 3.8) is 0 Å². The van der Waals surface area contributed by atoms with E-state index in [0.717, 1.165) is 22.8 Å². The molecule has 0 fully saturated rings. The Morgan fingerprint density at radius 1 is 1.24 bits per heavy atom. The second kappa shape index (κ2) is 9.45. The zero-order chi connectivity index (χ0) is 15.7. The van der Waals surface area contributed by atoms with Gasteiger partial charge in [0.2, 0.25) is 5.91 Å². The van der Waals surface area contributed by atoms with E-state index in [1.165, 1.54) is 12.8 Å². The van der Waals surface area contributed by atoms with Crippen LogP contribution in [-0.2, 0) is 4.79 Å². The molecule has 0 aliphatic heterocycles. The second-order valence-corrected chi connectivity index (χ2v) is 6.10. The van der Waals surface area contributed by atoms with Crippen molar-refractivity contribution in [2.24, 2.45) is 0 Å². The highest BCUT2D eigenvalue weighted by Gasteiger charge is 2.08. The van der Waals surface area contributed by atoms with Gasteiger partial charge in [0.15, 0.2) is 0 Å². The van der Waals surface area contributed by atoms with Gasteiger partial charge in [0, 0.05) is 30.5 Å². The van der Waals surface area contributed by atoms with E-state index in [0.29, 0.717) is 12.0 Å². The Labute approximate surface area is 131 Å². The van der Waals surface area contributed by atoms with Crippen molar-refractivity contribution in [1.29, 1.82) is 0 Å². The number of hydrogen-bond donors (Lipinski definition) is 2. The van der Waals surface area contributed by atoms with E-state index in [1.54, 1.807) is 25.2 Å². The molecule has 0 saturated carbocycles. The Hall–Kier alpha value is -1.49. The molecule has 2 N–H and O–H groups in total. The molecule has 0 aromatic heterocycles. The molecule has 116 valence electrons. The van der Waals surface area contributed by atoms with Gasteiger partial charge in [-0.05, 0) is 42.9 Å². The molecule has 0 spiro atoms. The standard InChI is InChI=1S/C16H24N2O2S/c1-4-5-9-21-10-8-15(19)18-14-7-6-13(11-12(14)2)16(20)17-3/h6-7,11H,4-5,8-10H2,1-3H3,(H,17,20)(H,18,19). The number of unbranched alkanes of at least 4 members (excludes halogenated alkanes) is 1. The molecule has 2 amide bonds. The van der Waals surface area contributed by atoms with Crippen LogP contribution in [0.2, 0.25) is 0 Å². The monoisotopic (exact) mass is 308 g/mol. The summed E-state index contributed by atoms with van der Waals surface area (Å²) in [5.41, 5.74) is 2.26. The van der Waals surface area contributed by atoms with Crippen molar-refractivity contribution < 1.29 is 9.59 Å². The highest BCUT2D eigenvalue weighted by Crippen LogP contribution is 2.17. The summed E-state index contributed by atoms with van der Waals surface area (Å²) < 4.78 is 0. The molecule has 0 saturated heterocycles. The van der Waals surface area contributed by atoms with Crippen LogP contribution in [0.3, 0.4) is 0 Å². The normalized spacial score (nSPS) is 10.2. The van der Waals surface area contributed by atoms with Crippen LogP contribution in [0, 0.1) is 6.92 Å². The predicted octanol–water partition coefficient (Wildman–Crippen LogP) is 3.22. The van der Waals surface area contributed by atoms with Crippen molar-refractivity contribution in [1.82, 2.24) is 5.32 Å². The lowest BCUT2D eigenvalue weighted by molar-refractivity contribution is -0.115. The van der Waals surface area contributed by atoms with Gasteiger partial charge in [-0.2, -0.15) is 11.8 Å². The number of rotatable bonds is 8. The molecule has 0 heterocycles. The van der Waals surface area contributed by atoms with Crippen LogP contribution in [0.5, 0.6) is 0 Å². The number of aryl methyl sites for hydroxylation is 1. The summed E-state index contributed by atoms with van der Waals surface area (Å²) in [6.07, 6.45) is 2.91. The number of anilines is 1. The van der Waals surface area contributed by atoms with Gasteiger partial charge >= 0.3 is 0 Å². The Kier molecular flexibility index (Phi) is 7.90. The number of carbonyl (C=O) groups is 2. The van der Waals surface area contributed by atoms with Crippen molar-refractivity contribution in [2.45, 2.75) is 33.1 Å². The number of amides is 2. The molecule has 1 aromatic carbocycles. The summed E-state index contributed by atoms with van der Waals surface area (Å²) in [5.74, 6) is 1.86. The largest absolute Gasteiger partial charge is 0.355 e. The van der Waals surface area contributed by atoms with Crippen molar-refractivity contribution >= 4 is 29.3 Å². The number of benzene rings is 1. The van der Waals surface area contributed by atoms with Gasteiger partial charge in [-0.25, -0.2) is 0 Å². The maximum Gasteiger partial charge on any atom is 0.251 e. The molecule has 0 bridgehead atoms. The SMILES string of the molecule is CCCCSCCC(=O)Nc1ccc(C(=O)NC)cc1C. The number of nitrogens with one attached hydrogen (secondary N) is 2. The topological polar surface area (TPSA) is 58.2 Å². The Bertz CT molecular complexity index is 489. The zero-order valence-electron chi connectivity index (χ0n) is 13.0. The van der Waals surface area contributed by atoms with Crippen LogP contribution in [0.4, 0.5) is 5.69 Å². The number of carbonyl (C=O) groups excluding carboxylic acids is 2. The fourth-order valence-corrected chi connectivity index (χ4v) is 2.84. The van der Waals surface area contributed by atoms with E-state index < -0.39 is 0 Å². The molecule has 0 aliphatic rings. The first-order chi connectivity index (χ1) is 10.1. The van der Waals surface area contributed by atoms with E-state index >= 15 is 0 Å². The molecule has 4 nitrogen and oxygen atoms in total. The fraction of sp³-hybridized carbons (Fsp3) is 0.500. The molecular weight excluding hydrogens is 284 g/mol. The van der Waals surface area contributed by atoms with E-state index in [4.69, 9.17) is 0 Å². The predicted molar refractivity (Wildman–Crippen MR) is 90.0 cm³/mol. The molecule has 0 unspecified atom stereocenters. The number of hydrogen-bond acceptors (Lipinski definition) is 3. The average Bonchev–Trinajstić information content (AvgIpc) is 2.48. The third-order valence-corrected chi connectivity index (χ3v) is 4.18. The summed E-state index contributed by atoms with van der Waals surface area (Å²) in [7, 11) is 1.60. The van der Waals surface area contributed by atoms with Gasteiger partial charge in [-0.1, -0.05) is 13.3 Å². The van der Waals surface area contributed by atoms with Gasteiger partial charge in [0.05, 0.1) is 0 Å². The maximum atomic E-state index is 11.9. The van der Waals surface area contributed by atoms with Gasteiger partial charge in [-0.15, -0.1) is 0 Å². The molecular formula is C16H24N2O2S. The Morgan fingerprint density at radius 3 is 2.62 bits per heavy atom. The van der Waals surface area contributed by atoms with Crippen LogP contribution in [0.15, 0.2) is 18.2 Å². The van der Waals surface area contributed by atoms with Crippen LogP contribution >= 0.6 is 11.8 Å². The first-order valence-corrected chi connectivity index (χ1v) is 8.44. The van der Waals surface area contributed by atoms with Crippen molar-refractivity contribution in [2.75, 3.05) is 23.9 Å². The fourth-order valence-electron chi connectivity index (χ4n) is 1.82. The average molecular weight is 308 g/mol. The van der Waals surface area contributed by atoms with Crippen molar-refractivity contribution in [3.8, 4) is 0 Å². The zero-order valence-corrected chi connectivity index (χ0v) is 13.8. The Balaban J connectivity index is 2.47. The Morgan fingerprint density at radius 2 is 2.00 bits per heavy atom. The highest BCUT2D eigenvalue weighted by atomic mass is 32.2. The molecule has 1 aromatic rings. The quantitative estimate of drug-likeness (QED) is 0.725. The lowest BCUT2D eigenvalue weighted by atomic mass is 10.1. The minimum absolute atomic E-state index is 0.0230. The van der Waals surface area contributed by atoms with Crippen LogP contribution in [-0.4, -0.2) is 30.4 Å². The lowest BCUT2D eigenvalue weighted by Crippen LogP contribution is -2.18. The van der Waals surface area contributed by atoms with Gasteiger partial charge in [-0.3, -0.25) is 9.59 Å². The van der Waals surface area contributed by atoms with Gasteiger partial charge in [0.1, 0.15) is 0 Å². The van der Waals surface area contributed by atoms with Crippen LogP contribution < -0.4 is 10.6 Å². The molecule has 5 heteroatoms. The third-order valence-electron chi connectivity index (χ3n) is 3.11. The number of thioether (sulfide) groups is 1. The van der Waals surface area contributed by atoms with Crippen molar-refractivity contribution in [3.05, 3.63) is 29.3 Å². The summed E-state index contributed by atoms with van der Waals surface area (Å²) in [5, 5.41) is 5.49. The van der Waals surface area contributed by atoms with E-state index in [-0.39, 0.29) is 11.8 Å². The summed E-state index contributed by atoms with van der Waals surface area (Å²) in [4.78, 5) is 23.4. The third kappa shape index (κ3) is 6.21. The maximum absolute atomic E-state index is 11.9. The van der Waals surface area contributed by atoms with E-state index in [9.17, 15) is 9.59 Å². The first kappa shape index (κ1) is 17.6. The molecule has 0 atom stereocenters. The molecule has 0 radical (unpaired) electrons. The van der Waals surface area contributed by atoms with Gasteiger partial charge < -0.3 is 10.6 Å². The summed E-state index contributed by atoms with van der Waals surface area (Å²) in [6, 6.07) is 5.28. The first-order valence-electron chi connectivity index (χ1n) is 7.28. The smallest absolute Gasteiger partial charge is 0.251 e. The highest BCUT2D eigenvalue weighted by molar-refractivity contribution is 7.99. The molecule has 1 rings (SSSR count). The summed E-state index contributed by atoms with van der Waals surface area (Å²) in [6.45, 7) is 4.05. The minimum Gasteiger partial charge on any atom is -0.355 e. The van der Waals surface area contributed by atoms with E-state index in [2.05, 4.69) is 17.6 Å².